The van der Waals surface area contributed by atoms with Gasteiger partial charge in [0.2, 0.25) is 5.91 Å². The molecule has 2 aliphatic heterocycles. The molecule has 4 rings (SSSR count). The second-order valence-electron chi connectivity index (χ2n) is 8.43. The smallest absolute Gasteiger partial charge is 0.335 e. The maximum absolute atomic E-state index is 13.8. The van der Waals surface area contributed by atoms with Crippen molar-refractivity contribution in [1.82, 2.24) is 20.5 Å². The first kappa shape index (κ1) is 25.4. The van der Waals surface area contributed by atoms with Crippen LogP contribution in [0.15, 0.2) is 50.5 Å². The van der Waals surface area contributed by atoms with E-state index in [1.807, 2.05) is 18.7 Å². The van der Waals surface area contributed by atoms with Crippen LogP contribution in [0.5, 0.6) is 0 Å². The van der Waals surface area contributed by atoms with E-state index in [2.05, 4.69) is 36.5 Å². The van der Waals surface area contributed by atoms with E-state index in [1.54, 1.807) is 11.6 Å². The number of hydrogen-bond acceptors (Lipinski definition) is 8. The van der Waals surface area contributed by atoms with Gasteiger partial charge in [-0.15, -0.1) is 11.3 Å². The highest BCUT2D eigenvalue weighted by Crippen LogP contribution is 2.36. The zero-order chi connectivity index (χ0) is 25.1. The van der Waals surface area contributed by atoms with Crippen molar-refractivity contribution in [3.8, 4) is 0 Å². The molecule has 0 saturated carbocycles. The van der Waals surface area contributed by atoms with Crippen LogP contribution in [0.25, 0.3) is 0 Å². The number of hydrogen-bond donors (Lipinski definition) is 3. The molecule has 0 bridgehead atoms. The molecule has 186 valence electrons. The maximum Gasteiger partial charge on any atom is 0.335 e. The third-order valence-electron chi connectivity index (χ3n) is 5.58. The van der Waals surface area contributed by atoms with Crippen molar-refractivity contribution < 1.29 is 23.8 Å². The van der Waals surface area contributed by atoms with Gasteiger partial charge in [-0.3, -0.25) is 14.7 Å². The molecule has 2 aliphatic rings. The summed E-state index contributed by atoms with van der Waals surface area (Å²) >= 11 is 4.72. The predicted molar refractivity (Wildman–Crippen MR) is 133 cm³/mol. The Hall–Kier alpha value is -2.67. The van der Waals surface area contributed by atoms with E-state index in [-0.39, 0.29) is 30.7 Å². The molecule has 0 radical (unpaired) electrons. The largest absolute Gasteiger partial charge is 0.478 e. The Labute approximate surface area is 214 Å². The van der Waals surface area contributed by atoms with Gasteiger partial charge >= 0.3 is 5.97 Å². The van der Waals surface area contributed by atoms with Gasteiger partial charge in [0.15, 0.2) is 10.8 Å². The number of nitrogens with zero attached hydrogens (tertiary/aromatic N) is 3. The Balaban J connectivity index is 1.76. The van der Waals surface area contributed by atoms with E-state index < -0.39 is 23.9 Å². The molecule has 3 heterocycles. The van der Waals surface area contributed by atoms with E-state index in [0.717, 1.165) is 0 Å². The summed E-state index contributed by atoms with van der Waals surface area (Å²) in [6, 6.07) is 2.54. The van der Waals surface area contributed by atoms with Gasteiger partial charge in [-0.05, 0) is 31.5 Å². The van der Waals surface area contributed by atoms with E-state index in [4.69, 9.17) is 4.74 Å². The summed E-state index contributed by atoms with van der Waals surface area (Å²) in [5, 5.41) is 18.7. The lowest BCUT2D eigenvalue weighted by Gasteiger charge is -2.37. The summed E-state index contributed by atoms with van der Waals surface area (Å²) in [5.41, 5.74) is 0.920. The van der Waals surface area contributed by atoms with E-state index in [9.17, 15) is 19.1 Å². The van der Waals surface area contributed by atoms with Crippen LogP contribution in [-0.4, -0.2) is 71.1 Å². The van der Waals surface area contributed by atoms with Crippen molar-refractivity contribution in [2.24, 2.45) is 4.99 Å². The number of morpholine rings is 1. The first-order valence-electron chi connectivity index (χ1n) is 11.0. The number of ether oxygens (including phenoxy) is 1. The van der Waals surface area contributed by atoms with Gasteiger partial charge in [-0.2, -0.15) is 0 Å². The Morgan fingerprint density at radius 2 is 2.23 bits per heavy atom. The van der Waals surface area contributed by atoms with Crippen molar-refractivity contribution in [2.45, 2.75) is 32.0 Å². The number of nitrogens with one attached hydrogen (secondary N) is 2. The number of aliphatic carboxylic acids is 1. The molecule has 1 fully saturated rings. The van der Waals surface area contributed by atoms with Crippen LogP contribution < -0.4 is 10.6 Å². The molecule has 0 spiro atoms. The SMILES string of the molecule is CC(C)NC(=O)C1COCCN1CC1=C(C(=O)O)C(c2ccc(F)cc2Br)N=C(c2nccs2)N1. The second-order valence-corrected chi connectivity index (χ2v) is 10.2. The van der Waals surface area contributed by atoms with Gasteiger partial charge in [0, 0.05) is 40.9 Å². The standard InChI is InChI=1S/C23H25BrFN5O4S/c1-12(2)27-21(31)17-11-34-7-6-30(17)10-16-18(23(32)33)19(14-4-3-13(25)9-15(14)24)29-20(28-16)22-26-5-8-35-22/h3-5,8-9,12,17,19H,6-7,10-11H2,1-2H3,(H,27,31)(H,28,29)(H,32,33). The van der Waals surface area contributed by atoms with Crippen molar-refractivity contribution in [2.75, 3.05) is 26.3 Å². The van der Waals surface area contributed by atoms with E-state index >= 15 is 0 Å². The topological polar surface area (TPSA) is 116 Å². The lowest BCUT2D eigenvalue weighted by atomic mass is 9.95. The first-order valence-corrected chi connectivity index (χ1v) is 12.7. The lowest BCUT2D eigenvalue weighted by molar-refractivity contribution is -0.133. The molecule has 35 heavy (non-hydrogen) atoms. The highest BCUT2D eigenvalue weighted by molar-refractivity contribution is 9.10. The average Bonchev–Trinajstić information content (AvgIpc) is 3.33. The number of carboxylic acid groups (broad SMARTS) is 1. The predicted octanol–water partition coefficient (Wildman–Crippen LogP) is 2.70. The summed E-state index contributed by atoms with van der Waals surface area (Å²) < 4.78 is 19.7. The molecule has 1 aromatic heterocycles. The van der Waals surface area contributed by atoms with Crippen LogP contribution in [-0.2, 0) is 14.3 Å². The van der Waals surface area contributed by atoms with Crippen LogP contribution in [0.3, 0.4) is 0 Å². The number of aliphatic imine (C=N–C) groups is 1. The lowest BCUT2D eigenvalue weighted by Crippen LogP contribution is -2.56. The summed E-state index contributed by atoms with van der Waals surface area (Å²) in [5.74, 6) is -1.38. The molecule has 2 unspecified atom stereocenters. The number of carboxylic acids is 1. The van der Waals surface area contributed by atoms with E-state index in [1.165, 1.54) is 29.5 Å². The number of amides is 1. The molecule has 12 heteroatoms. The number of carbonyl (C=O) groups excluding carboxylic acids is 1. The van der Waals surface area contributed by atoms with Gasteiger partial charge in [0.25, 0.3) is 0 Å². The van der Waals surface area contributed by atoms with Crippen molar-refractivity contribution in [3.63, 3.8) is 0 Å². The maximum atomic E-state index is 13.8. The van der Waals surface area contributed by atoms with Gasteiger partial charge in [0.05, 0.1) is 18.8 Å². The fourth-order valence-corrected chi connectivity index (χ4v) is 5.18. The summed E-state index contributed by atoms with van der Waals surface area (Å²) in [6.45, 7) is 4.98. The van der Waals surface area contributed by atoms with Crippen molar-refractivity contribution >= 4 is 45.0 Å². The zero-order valence-electron chi connectivity index (χ0n) is 19.1. The molecule has 3 N–H and O–H groups in total. The minimum Gasteiger partial charge on any atom is -0.478 e. The normalized spacial score (nSPS) is 21.0. The minimum absolute atomic E-state index is 0.0205. The van der Waals surface area contributed by atoms with Crippen LogP contribution in [0.4, 0.5) is 4.39 Å². The molecule has 9 nitrogen and oxygen atoms in total. The molecular weight excluding hydrogens is 541 g/mol. The molecule has 1 saturated heterocycles. The zero-order valence-corrected chi connectivity index (χ0v) is 21.5. The highest BCUT2D eigenvalue weighted by Gasteiger charge is 2.36. The average molecular weight is 566 g/mol. The Kier molecular flexibility index (Phi) is 7.95. The number of thiazole rings is 1. The first-order chi connectivity index (χ1) is 16.7. The van der Waals surface area contributed by atoms with Crippen LogP contribution in [0, 0.1) is 5.82 Å². The monoisotopic (exact) mass is 565 g/mol. The number of rotatable bonds is 7. The van der Waals surface area contributed by atoms with E-state index in [0.29, 0.717) is 39.7 Å². The van der Waals surface area contributed by atoms with Gasteiger partial charge < -0.3 is 20.5 Å². The third-order valence-corrected chi connectivity index (χ3v) is 7.05. The summed E-state index contributed by atoms with van der Waals surface area (Å²) in [6.07, 6.45) is 1.64. The molecular formula is C23H25BrFN5O4S. The van der Waals surface area contributed by atoms with Gasteiger partial charge in [-0.25, -0.2) is 14.2 Å². The highest BCUT2D eigenvalue weighted by atomic mass is 79.9. The third kappa shape index (κ3) is 5.77. The fourth-order valence-electron chi connectivity index (χ4n) is 4.02. The number of benzene rings is 1. The molecule has 0 aliphatic carbocycles. The van der Waals surface area contributed by atoms with Crippen LogP contribution in [0.1, 0.15) is 30.5 Å². The quantitative estimate of drug-likeness (QED) is 0.472. The minimum atomic E-state index is -1.16. The van der Waals surface area contributed by atoms with Crippen molar-refractivity contribution in [3.05, 3.63) is 61.9 Å². The fraction of sp³-hybridized carbons (Fsp3) is 0.391. The van der Waals surface area contributed by atoms with Gasteiger partial charge in [0.1, 0.15) is 17.9 Å². The molecule has 1 aromatic carbocycles. The number of carbonyl (C=O) groups is 2. The molecule has 2 atom stereocenters. The molecule has 2 aromatic rings. The second kappa shape index (κ2) is 10.9. The number of amidine groups is 1. The summed E-state index contributed by atoms with van der Waals surface area (Å²) in [7, 11) is 0. The Morgan fingerprint density at radius 3 is 2.89 bits per heavy atom. The number of halogens is 2. The van der Waals surface area contributed by atoms with Crippen molar-refractivity contribution in [1.29, 1.82) is 0 Å². The summed E-state index contributed by atoms with van der Waals surface area (Å²) in [4.78, 5) is 36.2. The Bertz CT molecular complexity index is 1170. The molecule has 1 amide bonds. The van der Waals surface area contributed by atoms with Gasteiger partial charge in [-0.1, -0.05) is 22.0 Å². The Morgan fingerprint density at radius 1 is 1.43 bits per heavy atom. The number of aromatic nitrogens is 1. The van der Waals surface area contributed by atoms with Crippen LogP contribution in [0.2, 0.25) is 0 Å². The van der Waals surface area contributed by atoms with Crippen LogP contribution >= 0.6 is 27.3 Å².